The van der Waals surface area contributed by atoms with Crippen molar-refractivity contribution in [3.8, 4) is 0 Å². The van der Waals surface area contributed by atoms with E-state index in [-0.39, 0.29) is 5.78 Å². The van der Waals surface area contributed by atoms with Crippen LogP contribution in [0.3, 0.4) is 0 Å². The van der Waals surface area contributed by atoms with Crippen molar-refractivity contribution in [2.45, 2.75) is 12.8 Å². The van der Waals surface area contributed by atoms with Crippen molar-refractivity contribution in [2.75, 3.05) is 0 Å². The number of ketones is 1. The third kappa shape index (κ3) is 2.76. The molecule has 2 rings (SSSR count). The minimum atomic E-state index is 0.171. The molecule has 2 heterocycles. The maximum atomic E-state index is 11.7. The highest BCUT2D eigenvalue weighted by atomic mass is 16.1. The molecule has 2 aromatic heterocycles. The van der Waals surface area contributed by atoms with Crippen LogP contribution in [0, 0.1) is 0 Å². The number of aromatic nitrogens is 3. The van der Waals surface area contributed by atoms with E-state index < -0.39 is 0 Å². The van der Waals surface area contributed by atoms with Crippen LogP contribution in [-0.2, 0) is 24.7 Å². The molecule has 0 aliphatic carbocycles. The van der Waals surface area contributed by atoms with Crippen LogP contribution in [0.1, 0.15) is 11.3 Å². The van der Waals surface area contributed by atoms with Crippen molar-refractivity contribution >= 4 is 5.78 Å². The van der Waals surface area contributed by atoms with Gasteiger partial charge in [-0.25, -0.2) is 0 Å². The first-order valence-electron chi connectivity index (χ1n) is 5.13. The lowest BCUT2D eigenvalue weighted by Gasteiger charge is -1.98. The number of hydrogen-bond acceptors (Lipinski definition) is 3. The summed E-state index contributed by atoms with van der Waals surface area (Å²) >= 11 is 0. The van der Waals surface area contributed by atoms with Crippen LogP contribution in [0.25, 0.3) is 0 Å². The Hall–Kier alpha value is -1.97. The average molecular weight is 215 g/mol. The fourth-order valence-corrected chi connectivity index (χ4v) is 1.55. The molecule has 0 spiro atoms. The van der Waals surface area contributed by atoms with Crippen LogP contribution < -0.4 is 0 Å². The summed E-state index contributed by atoms with van der Waals surface area (Å²) in [7, 11) is 1.84. The molecule has 0 fully saturated rings. The molecule has 0 amide bonds. The van der Waals surface area contributed by atoms with Gasteiger partial charge in [0.25, 0.3) is 0 Å². The molecule has 0 unspecified atom stereocenters. The van der Waals surface area contributed by atoms with Gasteiger partial charge >= 0.3 is 0 Å². The van der Waals surface area contributed by atoms with Crippen molar-refractivity contribution in [3.63, 3.8) is 0 Å². The second-order valence-electron chi connectivity index (χ2n) is 3.73. The summed E-state index contributed by atoms with van der Waals surface area (Å²) in [5, 5.41) is 4.18. The third-order valence-electron chi connectivity index (χ3n) is 2.30. The number of aryl methyl sites for hydroxylation is 1. The van der Waals surface area contributed by atoms with E-state index in [4.69, 9.17) is 0 Å². The number of carbonyl (C=O) groups is 1. The first-order chi connectivity index (χ1) is 7.74. The number of hydrogen-bond donors (Lipinski definition) is 0. The van der Waals surface area contributed by atoms with Gasteiger partial charge in [0.2, 0.25) is 0 Å². The molecule has 16 heavy (non-hydrogen) atoms. The molecule has 82 valence electrons. The third-order valence-corrected chi connectivity index (χ3v) is 2.30. The molecular weight excluding hydrogens is 202 g/mol. The van der Waals surface area contributed by atoms with E-state index in [1.54, 1.807) is 17.1 Å². The van der Waals surface area contributed by atoms with Crippen molar-refractivity contribution in [2.24, 2.45) is 7.05 Å². The maximum Gasteiger partial charge on any atom is 0.143 e. The minimum Gasteiger partial charge on any atom is -0.299 e. The predicted molar refractivity (Wildman–Crippen MR) is 59.9 cm³/mol. The number of carbonyl (C=O) groups excluding carboxylic acids is 1. The van der Waals surface area contributed by atoms with Crippen molar-refractivity contribution < 1.29 is 4.79 Å². The lowest BCUT2D eigenvalue weighted by molar-refractivity contribution is -0.117. The average Bonchev–Trinajstić information content (AvgIpc) is 2.65. The van der Waals surface area contributed by atoms with E-state index >= 15 is 0 Å². The first kappa shape index (κ1) is 10.5. The summed E-state index contributed by atoms with van der Waals surface area (Å²) in [4.78, 5) is 15.6. The molecular formula is C12H13N3O. The highest BCUT2D eigenvalue weighted by molar-refractivity contribution is 5.82. The summed E-state index contributed by atoms with van der Waals surface area (Å²) < 4.78 is 1.70. The number of nitrogens with zero attached hydrogens (tertiary/aromatic N) is 3. The van der Waals surface area contributed by atoms with Crippen molar-refractivity contribution in [1.29, 1.82) is 0 Å². The van der Waals surface area contributed by atoms with Crippen LogP contribution in [-0.4, -0.2) is 20.5 Å². The molecule has 0 atom stereocenters. The van der Waals surface area contributed by atoms with Crippen LogP contribution in [0.5, 0.6) is 0 Å². The SMILES string of the molecule is Cn1ccc(CC(=O)Cc2ccncc2)n1. The molecule has 4 nitrogen and oxygen atoms in total. The van der Waals surface area contributed by atoms with Crippen LogP contribution in [0.4, 0.5) is 0 Å². The molecule has 0 aromatic carbocycles. The van der Waals surface area contributed by atoms with Gasteiger partial charge in [-0.3, -0.25) is 14.5 Å². The normalized spacial score (nSPS) is 10.3. The summed E-state index contributed by atoms with van der Waals surface area (Å²) in [6.45, 7) is 0. The Kier molecular flexibility index (Phi) is 3.10. The molecule has 0 saturated carbocycles. The highest BCUT2D eigenvalue weighted by Crippen LogP contribution is 2.02. The molecule has 0 aliphatic heterocycles. The van der Waals surface area contributed by atoms with E-state index in [1.807, 2.05) is 31.4 Å². The highest BCUT2D eigenvalue weighted by Gasteiger charge is 2.06. The summed E-state index contributed by atoms with van der Waals surface area (Å²) in [5.74, 6) is 0.171. The van der Waals surface area contributed by atoms with Gasteiger partial charge in [0, 0.05) is 32.1 Å². The molecule has 0 bridgehead atoms. The Balaban J connectivity index is 1.95. The van der Waals surface area contributed by atoms with Gasteiger partial charge in [-0.1, -0.05) is 0 Å². The van der Waals surface area contributed by atoms with Crippen LogP contribution in [0.15, 0.2) is 36.8 Å². The van der Waals surface area contributed by atoms with Crippen molar-refractivity contribution in [3.05, 3.63) is 48.0 Å². The fraction of sp³-hybridized carbons (Fsp3) is 0.250. The van der Waals surface area contributed by atoms with Gasteiger partial charge in [-0.2, -0.15) is 5.10 Å². The zero-order valence-corrected chi connectivity index (χ0v) is 9.13. The van der Waals surface area contributed by atoms with E-state index in [9.17, 15) is 4.79 Å². The smallest absolute Gasteiger partial charge is 0.143 e. The van der Waals surface area contributed by atoms with Crippen molar-refractivity contribution in [1.82, 2.24) is 14.8 Å². The molecule has 0 N–H and O–H groups in total. The second-order valence-corrected chi connectivity index (χ2v) is 3.73. The second kappa shape index (κ2) is 4.70. The van der Waals surface area contributed by atoms with Gasteiger partial charge in [-0.05, 0) is 23.8 Å². The van der Waals surface area contributed by atoms with E-state index in [1.165, 1.54) is 0 Å². The lowest BCUT2D eigenvalue weighted by Crippen LogP contribution is -2.07. The zero-order valence-electron chi connectivity index (χ0n) is 9.13. The maximum absolute atomic E-state index is 11.7. The minimum absolute atomic E-state index is 0.171. The quantitative estimate of drug-likeness (QED) is 0.769. The van der Waals surface area contributed by atoms with Gasteiger partial charge in [-0.15, -0.1) is 0 Å². The van der Waals surface area contributed by atoms with Crippen LogP contribution in [0.2, 0.25) is 0 Å². The van der Waals surface area contributed by atoms with Gasteiger partial charge in [0.15, 0.2) is 0 Å². The molecule has 0 saturated heterocycles. The summed E-state index contributed by atoms with van der Waals surface area (Å²) in [6, 6.07) is 5.58. The van der Waals surface area contributed by atoms with E-state index in [0.29, 0.717) is 12.8 Å². The molecule has 4 heteroatoms. The zero-order chi connectivity index (χ0) is 11.4. The number of rotatable bonds is 4. The lowest BCUT2D eigenvalue weighted by atomic mass is 10.1. The van der Waals surface area contributed by atoms with Gasteiger partial charge < -0.3 is 0 Å². The Labute approximate surface area is 93.9 Å². The van der Waals surface area contributed by atoms with Gasteiger partial charge in [0.1, 0.15) is 5.78 Å². The predicted octanol–water partition coefficient (Wildman–Crippen LogP) is 1.17. The summed E-state index contributed by atoms with van der Waals surface area (Å²) in [5.41, 5.74) is 1.82. The monoisotopic (exact) mass is 215 g/mol. The molecule has 2 aromatic rings. The summed E-state index contributed by atoms with van der Waals surface area (Å²) in [6.07, 6.45) is 6.07. The van der Waals surface area contributed by atoms with Crippen LogP contribution >= 0.6 is 0 Å². The Morgan fingerprint density at radius 3 is 2.62 bits per heavy atom. The van der Waals surface area contributed by atoms with E-state index in [2.05, 4.69) is 10.1 Å². The number of Topliss-reactive ketones (excluding diaryl/α,β-unsaturated/α-hetero) is 1. The largest absolute Gasteiger partial charge is 0.299 e. The van der Waals surface area contributed by atoms with E-state index in [0.717, 1.165) is 11.3 Å². The standard InChI is InChI=1S/C12H13N3O/c1-15-7-4-11(14-15)9-12(16)8-10-2-5-13-6-3-10/h2-7H,8-9H2,1H3. The fourth-order valence-electron chi connectivity index (χ4n) is 1.55. The Bertz CT molecular complexity index is 476. The topological polar surface area (TPSA) is 47.8 Å². The Morgan fingerprint density at radius 2 is 2.00 bits per heavy atom. The van der Waals surface area contributed by atoms with Gasteiger partial charge in [0.05, 0.1) is 12.1 Å². The molecule has 0 radical (unpaired) electrons. The Morgan fingerprint density at radius 1 is 1.25 bits per heavy atom. The number of pyridine rings is 1. The first-order valence-corrected chi connectivity index (χ1v) is 5.13. The molecule has 0 aliphatic rings.